The Hall–Kier alpha value is -2.32. The van der Waals surface area contributed by atoms with Crippen LogP contribution in [0.1, 0.15) is 44.2 Å². The number of hydrogen-bond acceptors (Lipinski definition) is 2. The molecule has 0 bridgehead atoms. The quantitative estimate of drug-likeness (QED) is 0.571. The summed E-state index contributed by atoms with van der Waals surface area (Å²) in [5, 5.41) is 9.19. The molecule has 2 aromatic carbocycles. The highest BCUT2D eigenvalue weighted by Crippen LogP contribution is 2.42. The van der Waals surface area contributed by atoms with E-state index in [0.717, 1.165) is 55.7 Å². The predicted octanol–water partition coefficient (Wildman–Crippen LogP) is 6.52. The minimum absolute atomic E-state index is 0.137. The van der Waals surface area contributed by atoms with Crippen molar-refractivity contribution in [1.29, 1.82) is 5.26 Å². The first kappa shape index (κ1) is 21.4. The van der Waals surface area contributed by atoms with Crippen LogP contribution in [-0.2, 0) is 12.7 Å². The van der Waals surface area contributed by atoms with Gasteiger partial charge in [-0.2, -0.15) is 18.4 Å². The van der Waals surface area contributed by atoms with Crippen LogP contribution >= 0.6 is 0 Å². The number of benzene rings is 2. The number of nitrogens with zero attached hydrogens (tertiary/aromatic N) is 2. The number of piperidine rings is 1. The number of nitriles is 1. The van der Waals surface area contributed by atoms with E-state index in [9.17, 15) is 18.4 Å². The topological polar surface area (TPSA) is 27.0 Å². The fourth-order valence-electron chi connectivity index (χ4n) is 4.18. The van der Waals surface area contributed by atoms with E-state index in [1.54, 1.807) is 0 Å². The second-order valence-electron chi connectivity index (χ2n) is 8.40. The van der Waals surface area contributed by atoms with Crippen molar-refractivity contribution < 1.29 is 13.2 Å². The van der Waals surface area contributed by atoms with Crippen molar-refractivity contribution in [2.75, 3.05) is 13.1 Å². The van der Waals surface area contributed by atoms with Crippen molar-refractivity contribution in [3.63, 3.8) is 0 Å². The third-order valence-corrected chi connectivity index (χ3v) is 6.41. The minimum Gasteiger partial charge on any atom is -0.299 e. The predicted molar refractivity (Wildman–Crippen MR) is 109 cm³/mol. The Balaban J connectivity index is 1.61. The first-order valence-electron chi connectivity index (χ1n) is 10.1. The summed E-state index contributed by atoms with van der Waals surface area (Å²) in [4.78, 5) is 2.42. The lowest BCUT2D eigenvalue weighted by molar-refractivity contribution is -0.137. The Morgan fingerprint density at radius 3 is 1.93 bits per heavy atom. The van der Waals surface area contributed by atoms with Crippen molar-refractivity contribution in [3.05, 3.63) is 59.7 Å². The van der Waals surface area contributed by atoms with Gasteiger partial charge >= 0.3 is 6.18 Å². The normalized spacial score (nSPS) is 17.3. The van der Waals surface area contributed by atoms with E-state index in [2.05, 4.69) is 24.8 Å². The van der Waals surface area contributed by atoms with Gasteiger partial charge in [0, 0.05) is 13.0 Å². The first-order chi connectivity index (χ1) is 13.7. The minimum atomic E-state index is -4.31. The van der Waals surface area contributed by atoms with Gasteiger partial charge in [0.25, 0.3) is 0 Å². The number of rotatable bonds is 5. The summed E-state index contributed by atoms with van der Waals surface area (Å²) in [7, 11) is 0. The number of halogens is 3. The molecule has 0 aliphatic carbocycles. The molecule has 0 spiro atoms. The lowest BCUT2D eigenvalue weighted by atomic mass is 9.68. The monoisotopic (exact) mass is 400 g/mol. The van der Waals surface area contributed by atoms with E-state index in [4.69, 9.17) is 0 Å². The summed E-state index contributed by atoms with van der Waals surface area (Å²) >= 11 is 0. The fourth-order valence-corrected chi connectivity index (χ4v) is 4.18. The summed E-state index contributed by atoms with van der Waals surface area (Å²) in [6, 6.07) is 15.7. The van der Waals surface area contributed by atoms with Crippen LogP contribution in [0.15, 0.2) is 48.5 Å². The molecule has 0 N–H and O–H groups in total. The van der Waals surface area contributed by atoms with Gasteiger partial charge in [-0.3, -0.25) is 4.90 Å². The standard InChI is InChI=1S/C24H27F3N2/c1-18(2)23(11-14-28)12-15-29(16-13-23)17-19-3-5-20(6-4-19)21-7-9-22(10-8-21)24(25,26)27/h3-10,18H,11-13,15-17H2,1-2H3. The van der Waals surface area contributed by atoms with Crippen molar-refractivity contribution in [2.24, 2.45) is 11.3 Å². The molecule has 29 heavy (non-hydrogen) atoms. The molecule has 154 valence electrons. The molecule has 0 radical (unpaired) electrons. The molecule has 1 aliphatic rings. The Bertz CT molecular complexity index is 838. The largest absolute Gasteiger partial charge is 0.416 e. The molecule has 1 saturated heterocycles. The second-order valence-corrected chi connectivity index (χ2v) is 8.40. The van der Waals surface area contributed by atoms with Crippen molar-refractivity contribution >= 4 is 0 Å². The highest BCUT2D eigenvalue weighted by molar-refractivity contribution is 5.64. The Morgan fingerprint density at radius 2 is 1.48 bits per heavy atom. The van der Waals surface area contributed by atoms with Crippen LogP contribution in [-0.4, -0.2) is 18.0 Å². The van der Waals surface area contributed by atoms with Crippen LogP contribution in [0.3, 0.4) is 0 Å². The average molecular weight is 400 g/mol. The Morgan fingerprint density at radius 1 is 0.966 bits per heavy atom. The molecule has 5 heteroatoms. The van der Waals surface area contributed by atoms with Crippen LogP contribution < -0.4 is 0 Å². The lowest BCUT2D eigenvalue weighted by Gasteiger charge is -2.43. The van der Waals surface area contributed by atoms with Gasteiger partial charge in [-0.15, -0.1) is 0 Å². The van der Waals surface area contributed by atoms with E-state index < -0.39 is 11.7 Å². The van der Waals surface area contributed by atoms with E-state index in [0.29, 0.717) is 12.3 Å². The SMILES string of the molecule is CC(C)C1(CC#N)CCN(Cc2ccc(-c3ccc(C(F)(F)F)cc3)cc2)CC1. The average Bonchev–Trinajstić information content (AvgIpc) is 2.70. The molecule has 0 aromatic heterocycles. The summed E-state index contributed by atoms with van der Waals surface area (Å²) in [5.74, 6) is 0.507. The fraction of sp³-hybridized carbons (Fsp3) is 0.458. The summed E-state index contributed by atoms with van der Waals surface area (Å²) in [6.45, 7) is 7.26. The lowest BCUT2D eigenvalue weighted by Crippen LogP contribution is -2.42. The highest BCUT2D eigenvalue weighted by Gasteiger charge is 2.37. The van der Waals surface area contributed by atoms with Crippen LogP contribution in [0.25, 0.3) is 11.1 Å². The van der Waals surface area contributed by atoms with Gasteiger partial charge in [-0.25, -0.2) is 0 Å². The van der Waals surface area contributed by atoms with E-state index >= 15 is 0 Å². The van der Waals surface area contributed by atoms with Gasteiger partial charge in [0.2, 0.25) is 0 Å². The molecule has 1 fully saturated rings. The van der Waals surface area contributed by atoms with Gasteiger partial charge < -0.3 is 0 Å². The maximum absolute atomic E-state index is 12.7. The molecule has 0 amide bonds. The third-order valence-electron chi connectivity index (χ3n) is 6.41. The zero-order valence-corrected chi connectivity index (χ0v) is 17.0. The molecule has 0 saturated carbocycles. The molecule has 0 atom stereocenters. The number of likely N-dealkylation sites (tertiary alicyclic amines) is 1. The molecule has 1 aliphatic heterocycles. The summed E-state index contributed by atoms with van der Waals surface area (Å²) in [6.07, 6.45) is -1.60. The van der Waals surface area contributed by atoms with Gasteiger partial charge in [-0.05, 0) is 66.1 Å². The zero-order chi connectivity index (χ0) is 21.1. The maximum atomic E-state index is 12.7. The van der Waals surface area contributed by atoms with Crippen molar-refractivity contribution in [2.45, 2.75) is 45.8 Å². The van der Waals surface area contributed by atoms with Gasteiger partial charge in [0.05, 0.1) is 11.6 Å². The van der Waals surface area contributed by atoms with Crippen molar-refractivity contribution in [3.8, 4) is 17.2 Å². The highest BCUT2D eigenvalue weighted by atomic mass is 19.4. The maximum Gasteiger partial charge on any atom is 0.416 e. The first-order valence-corrected chi connectivity index (χ1v) is 10.1. The second kappa shape index (κ2) is 8.59. The van der Waals surface area contributed by atoms with Gasteiger partial charge in [0.1, 0.15) is 0 Å². The smallest absolute Gasteiger partial charge is 0.299 e. The summed E-state index contributed by atoms with van der Waals surface area (Å²) in [5.41, 5.74) is 2.39. The molecule has 2 nitrogen and oxygen atoms in total. The van der Waals surface area contributed by atoms with Crippen LogP contribution in [0.4, 0.5) is 13.2 Å². The third kappa shape index (κ3) is 5.00. The molecule has 1 heterocycles. The van der Waals surface area contributed by atoms with E-state index in [-0.39, 0.29) is 5.41 Å². The number of hydrogen-bond donors (Lipinski definition) is 0. The molecule has 0 unspecified atom stereocenters. The zero-order valence-electron chi connectivity index (χ0n) is 17.0. The van der Waals surface area contributed by atoms with Crippen LogP contribution in [0, 0.1) is 22.7 Å². The molecule has 2 aromatic rings. The molecular formula is C24H27F3N2. The van der Waals surface area contributed by atoms with Crippen LogP contribution in [0.2, 0.25) is 0 Å². The van der Waals surface area contributed by atoms with Crippen molar-refractivity contribution in [1.82, 2.24) is 4.90 Å². The number of alkyl halides is 3. The van der Waals surface area contributed by atoms with E-state index in [1.165, 1.54) is 17.7 Å². The van der Waals surface area contributed by atoms with Crippen LogP contribution in [0.5, 0.6) is 0 Å². The molecular weight excluding hydrogens is 373 g/mol. The van der Waals surface area contributed by atoms with Gasteiger partial charge in [-0.1, -0.05) is 50.2 Å². The Kier molecular flexibility index (Phi) is 6.33. The summed E-state index contributed by atoms with van der Waals surface area (Å²) < 4.78 is 38.1. The molecule has 3 rings (SSSR count). The van der Waals surface area contributed by atoms with Gasteiger partial charge in [0.15, 0.2) is 0 Å². The Labute approximate surface area is 171 Å². The van der Waals surface area contributed by atoms with E-state index in [1.807, 2.05) is 24.3 Å².